The molecule has 0 unspecified atom stereocenters. The molecule has 1 fully saturated rings. The molecule has 3 aromatic rings. The van der Waals surface area contributed by atoms with Crippen molar-refractivity contribution in [2.24, 2.45) is 5.92 Å². The highest BCUT2D eigenvalue weighted by Crippen LogP contribution is 2.37. The van der Waals surface area contributed by atoms with Crippen LogP contribution in [0, 0.1) is 11.7 Å². The maximum absolute atomic E-state index is 13.7. The number of hydrogen-bond acceptors (Lipinski definition) is 4. The van der Waals surface area contributed by atoms with Crippen molar-refractivity contribution in [2.75, 3.05) is 4.31 Å². The number of fused-ring (bicyclic) bond motifs is 3. The summed E-state index contributed by atoms with van der Waals surface area (Å²) in [5.41, 5.74) is 2.13. The Hall–Kier alpha value is -2.67. The molecule has 0 saturated heterocycles. The topological polar surface area (TPSA) is 67.6 Å². The van der Waals surface area contributed by atoms with Gasteiger partial charge in [-0.2, -0.15) is 0 Å². The third-order valence-corrected chi connectivity index (χ3v) is 8.42. The summed E-state index contributed by atoms with van der Waals surface area (Å²) in [5.74, 6) is -0.325. The SMILES string of the molecule is O=C(C1CCCCC1)N(c1ccc2oc3c(c2c1)CCCC3)S(=O)(=O)c1ccc(F)cc1. The first-order valence-corrected chi connectivity index (χ1v) is 12.8. The number of rotatable bonds is 4. The van der Waals surface area contributed by atoms with Crippen LogP contribution >= 0.6 is 0 Å². The molecule has 0 spiro atoms. The summed E-state index contributed by atoms with van der Waals surface area (Å²) >= 11 is 0. The number of sulfonamides is 1. The van der Waals surface area contributed by atoms with Crippen molar-refractivity contribution >= 4 is 32.6 Å². The minimum atomic E-state index is -4.21. The standard InChI is InChI=1S/C25H26FNO4S/c26-18-10-13-20(14-11-18)32(29,30)27(25(28)17-6-2-1-3-7-17)19-12-15-24-22(16-19)21-8-4-5-9-23(21)31-24/h10-17H,1-9H2. The van der Waals surface area contributed by atoms with E-state index in [1.807, 2.05) is 0 Å². The van der Waals surface area contributed by atoms with Gasteiger partial charge in [0.25, 0.3) is 10.0 Å². The highest BCUT2D eigenvalue weighted by molar-refractivity contribution is 7.93. The normalized spacial score (nSPS) is 17.3. The average Bonchev–Trinajstić information content (AvgIpc) is 3.18. The van der Waals surface area contributed by atoms with Crippen LogP contribution in [0.2, 0.25) is 0 Å². The van der Waals surface area contributed by atoms with Crippen molar-refractivity contribution in [3.8, 4) is 0 Å². The minimum Gasteiger partial charge on any atom is -0.461 e. The minimum absolute atomic E-state index is 0.0996. The zero-order valence-electron chi connectivity index (χ0n) is 17.8. The number of amides is 1. The van der Waals surface area contributed by atoms with E-state index in [4.69, 9.17) is 4.42 Å². The van der Waals surface area contributed by atoms with E-state index in [1.54, 1.807) is 18.2 Å². The molecule has 0 radical (unpaired) electrons. The summed E-state index contributed by atoms with van der Waals surface area (Å²) in [4.78, 5) is 13.5. The molecule has 1 saturated carbocycles. The number of carbonyl (C=O) groups is 1. The number of anilines is 1. The molecule has 0 aliphatic heterocycles. The highest BCUT2D eigenvalue weighted by Gasteiger charge is 2.36. The highest BCUT2D eigenvalue weighted by atomic mass is 32.2. The molecule has 2 aliphatic rings. The van der Waals surface area contributed by atoms with Crippen molar-refractivity contribution in [3.05, 3.63) is 59.6 Å². The number of nitrogens with zero attached hydrogens (tertiary/aromatic N) is 1. The van der Waals surface area contributed by atoms with Crippen molar-refractivity contribution in [2.45, 2.75) is 62.7 Å². The van der Waals surface area contributed by atoms with Gasteiger partial charge in [0.2, 0.25) is 5.91 Å². The molecule has 1 amide bonds. The molecule has 0 N–H and O–H groups in total. The fourth-order valence-electron chi connectivity index (χ4n) is 4.99. The zero-order chi connectivity index (χ0) is 22.3. The Morgan fingerprint density at radius 2 is 1.66 bits per heavy atom. The van der Waals surface area contributed by atoms with Gasteiger partial charge < -0.3 is 4.42 Å². The Kier molecular flexibility index (Phi) is 5.53. The smallest absolute Gasteiger partial charge is 0.270 e. The molecule has 7 heteroatoms. The zero-order valence-corrected chi connectivity index (χ0v) is 18.7. The molecule has 5 nitrogen and oxygen atoms in total. The lowest BCUT2D eigenvalue weighted by Crippen LogP contribution is -2.41. The summed E-state index contributed by atoms with van der Waals surface area (Å²) in [6, 6.07) is 9.79. The van der Waals surface area contributed by atoms with Gasteiger partial charge >= 0.3 is 0 Å². The first-order chi connectivity index (χ1) is 15.4. The van der Waals surface area contributed by atoms with Crippen LogP contribution in [0.25, 0.3) is 11.0 Å². The molecule has 168 valence electrons. The fourth-order valence-corrected chi connectivity index (χ4v) is 6.46. The van der Waals surface area contributed by atoms with Gasteiger partial charge in [-0.25, -0.2) is 17.1 Å². The Bertz CT molecular complexity index is 1260. The molecular weight excluding hydrogens is 429 g/mol. The second kappa shape index (κ2) is 8.35. The summed E-state index contributed by atoms with van der Waals surface area (Å²) in [7, 11) is -4.21. The van der Waals surface area contributed by atoms with E-state index in [2.05, 4.69) is 0 Å². The first kappa shape index (κ1) is 21.2. The third-order valence-electron chi connectivity index (χ3n) is 6.68. The van der Waals surface area contributed by atoms with Crippen molar-refractivity contribution in [3.63, 3.8) is 0 Å². The summed E-state index contributed by atoms with van der Waals surface area (Å²) in [6.45, 7) is 0. The van der Waals surface area contributed by atoms with Gasteiger partial charge in [-0.15, -0.1) is 0 Å². The quantitative estimate of drug-likeness (QED) is 0.502. The number of benzene rings is 2. The lowest BCUT2D eigenvalue weighted by molar-refractivity contribution is -0.122. The van der Waals surface area contributed by atoms with Crippen LogP contribution in [0.4, 0.5) is 10.1 Å². The van der Waals surface area contributed by atoms with Gasteiger partial charge in [0, 0.05) is 23.3 Å². The van der Waals surface area contributed by atoms with Crippen LogP contribution < -0.4 is 4.31 Å². The number of aryl methyl sites for hydroxylation is 2. The van der Waals surface area contributed by atoms with Gasteiger partial charge in [-0.1, -0.05) is 19.3 Å². The molecule has 5 rings (SSSR count). The van der Waals surface area contributed by atoms with Crippen LogP contribution in [-0.2, 0) is 27.7 Å². The number of furan rings is 1. The molecule has 1 heterocycles. The van der Waals surface area contributed by atoms with E-state index in [1.165, 1.54) is 12.1 Å². The number of halogens is 1. The van der Waals surface area contributed by atoms with Gasteiger partial charge in [-0.05, 0) is 74.6 Å². The van der Waals surface area contributed by atoms with E-state index in [0.717, 1.165) is 78.1 Å². The molecule has 32 heavy (non-hydrogen) atoms. The van der Waals surface area contributed by atoms with Crippen LogP contribution in [0.5, 0.6) is 0 Å². The fraction of sp³-hybridized carbons (Fsp3) is 0.400. The average molecular weight is 456 g/mol. The molecular formula is C25H26FNO4S. The molecule has 1 aromatic heterocycles. The number of hydrogen-bond donors (Lipinski definition) is 0. The van der Waals surface area contributed by atoms with Crippen LogP contribution in [0.1, 0.15) is 56.3 Å². The van der Waals surface area contributed by atoms with Crippen LogP contribution in [-0.4, -0.2) is 14.3 Å². The monoisotopic (exact) mass is 455 g/mol. The second-order valence-electron chi connectivity index (χ2n) is 8.79. The van der Waals surface area contributed by atoms with E-state index in [9.17, 15) is 17.6 Å². The summed E-state index contributed by atoms with van der Waals surface area (Å²) in [6.07, 6.45) is 8.13. The van der Waals surface area contributed by atoms with Crippen molar-refractivity contribution < 1.29 is 22.0 Å². The Balaban J connectivity index is 1.63. The molecule has 2 aromatic carbocycles. The predicted molar refractivity (Wildman–Crippen MR) is 121 cm³/mol. The molecule has 0 atom stereocenters. The van der Waals surface area contributed by atoms with Crippen molar-refractivity contribution in [1.29, 1.82) is 0 Å². The summed E-state index contributed by atoms with van der Waals surface area (Å²) in [5, 5.41) is 0.868. The Labute approximate surface area is 187 Å². The number of carbonyl (C=O) groups excluding carboxylic acids is 1. The third kappa shape index (κ3) is 3.72. The Morgan fingerprint density at radius 1 is 0.938 bits per heavy atom. The van der Waals surface area contributed by atoms with E-state index in [-0.39, 0.29) is 10.8 Å². The van der Waals surface area contributed by atoms with Gasteiger partial charge in [0.15, 0.2) is 0 Å². The van der Waals surface area contributed by atoms with E-state index >= 15 is 0 Å². The van der Waals surface area contributed by atoms with Gasteiger partial charge in [-0.3, -0.25) is 4.79 Å². The maximum atomic E-state index is 13.7. The van der Waals surface area contributed by atoms with Crippen LogP contribution in [0.3, 0.4) is 0 Å². The maximum Gasteiger partial charge on any atom is 0.270 e. The van der Waals surface area contributed by atoms with Gasteiger partial charge in [0.05, 0.1) is 10.6 Å². The lowest BCUT2D eigenvalue weighted by atomic mass is 9.88. The van der Waals surface area contributed by atoms with Crippen LogP contribution in [0.15, 0.2) is 51.8 Å². The predicted octanol–water partition coefficient (Wildman–Crippen LogP) is 5.75. The van der Waals surface area contributed by atoms with E-state index < -0.39 is 21.7 Å². The lowest BCUT2D eigenvalue weighted by Gasteiger charge is -2.29. The molecule has 0 bridgehead atoms. The molecule has 2 aliphatic carbocycles. The van der Waals surface area contributed by atoms with Crippen molar-refractivity contribution in [1.82, 2.24) is 0 Å². The van der Waals surface area contributed by atoms with E-state index in [0.29, 0.717) is 24.1 Å². The summed E-state index contributed by atoms with van der Waals surface area (Å²) < 4.78 is 47.7. The first-order valence-electron chi connectivity index (χ1n) is 11.3. The Morgan fingerprint density at radius 3 is 2.41 bits per heavy atom. The van der Waals surface area contributed by atoms with Gasteiger partial charge in [0.1, 0.15) is 17.2 Å². The largest absolute Gasteiger partial charge is 0.461 e. The second-order valence-corrected chi connectivity index (χ2v) is 10.6.